The molecule has 0 aliphatic carbocycles. The van der Waals surface area contributed by atoms with Crippen molar-refractivity contribution in [2.45, 2.75) is 18.7 Å². The van der Waals surface area contributed by atoms with E-state index in [1.54, 1.807) is 30.3 Å². The lowest BCUT2D eigenvalue weighted by Crippen LogP contribution is -2.36. The van der Waals surface area contributed by atoms with Gasteiger partial charge in [-0.05, 0) is 43.7 Å². The number of carbonyl (C=O) groups excluding carboxylic acids is 1. The second kappa shape index (κ2) is 8.64. The highest BCUT2D eigenvalue weighted by atomic mass is 32.2. The zero-order valence-electron chi connectivity index (χ0n) is 14.3. The predicted octanol–water partition coefficient (Wildman–Crippen LogP) is 1.78. The van der Waals surface area contributed by atoms with Crippen molar-refractivity contribution in [3.05, 3.63) is 59.7 Å². The molecular weight excluding hydrogens is 340 g/mol. The Morgan fingerprint density at radius 3 is 2.40 bits per heavy atom. The lowest BCUT2D eigenvalue weighted by molar-refractivity contribution is -0.123. The first-order valence-electron chi connectivity index (χ1n) is 7.89. The fourth-order valence-electron chi connectivity index (χ4n) is 2.09. The maximum atomic E-state index is 12.1. The fourth-order valence-corrected chi connectivity index (χ4v) is 3.12. The summed E-state index contributed by atoms with van der Waals surface area (Å²) in [5.74, 6) is 0.311. The maximum absolute atomic E-state index is 12.1. The smallest absolute Gasteiger partial charge is 0.257 e. The molecule has 6 nitrogen and oxygen atoms in total. The van der Waals surface area contributed by atoms with Gasteiger partial charge in [-0.15, -0.1) is 0 Å². The van der Waals surface area contributed by atoms with Gasteiger partial charge in [0.2, 0.25) is 10.0 Å². The summed E-state index contributed by atoms with van der Waals surface area (Å²) in [6.07, 6.45) is 0. The number of amides is 1. The van der Waals surface area contributed by atoms with Crippen molar-refractivity contribution in [1.82, 2.24) is 10.0 Å². The molecule has 0 bridgehead atoms. The van der Waals surface area contributed by atoms with Crippen LogP contribution in [0.25, 0.3) is 0 Å². The number of sulfonamides is 1. The average Bonchev–Trinajstić information content (AvgIpc) is 2.57. The van der Waals surface area contributed by atoms with Gasteiger partial charge >= 0.3 is 0 Å². The first-order valence-corrected chi connectivity index (χ1v) is 9.38. The molecule has 0 aromatic heterocycles. The van der Waals surface area contributed by atoms with Crippen LogP contribution in [0.15, 0.2) is 53.4 Å². The van der Waals surface area contributed by atoms with E-state index in [4.69, 9.17) is 4.74 Å². The van der Waals surface area contributed by atoms with Crippen LogP contribution in [0.3, 0.4) is 0 Å². The van der Waals surface area contributed by atoms with Gasteiger partial charge in [-0.2, -0.15) is 0 Å². The number of benzene rings is 2. The Hall–Kier alpha value is -2.38. The molecule has 0 saturated carbocycles. The van der Waals surface area contributed by atoms with Crippen LogP contribution in [-0.4, -0.2) is 34.0 Å². The lowest BCUT2D eigenvalue weighted by atomic mass is 10.2. The standard InChI is InChI=1S/C18H22N2O4S/c1-14-6-8-17(9-7-14)25(22,23)20-11-10-19-18(21)13-24-16-5-3-4-15(2)12-16/h3-9,12,20H,10-11,13H2,1-2H3,(H,19,21). The van der Waals surface area contributed by atoms with E-state index < -0.39 is 10.0 Å². The van der Waals surface area contributed by atoms with Crippen molar-refractivity contribution in [2.75, 3.05) is 19.7 Å². The van der Waals surface area contributed by atoms with Crippen LogP contribution >= 0.6 is 0 Å². The number of carbonyl (C=O) groups is 1. The van der Waals surface area contributed by atoms with E-state index >= 15 is 0 Å². The van der Waals surface area contributed by atoms with Gasteiger partial charge in [0.05, 0.1) is 4.90 Å². The lowest BCUT2D eigenvalue weighted by Gasteiger charge is -2.09. The second-order valence-corrected chi connectivity index (χ2v) is 7.43. The molecule has 0 aliphatic rings. The van der Waals surface area contributed by atoms with Crippen LogP contribution in [0.1, 0.15) is 11.1 Å². The summed E-state index contributed by atoms with van der Waals surface area (Å²) in [7, 11) is -3.57. The zero-order valence-corrected chi connectivity index (χ0v) is 15.1. The van der Waals surface area contributed by atoms with Crippen molar-refractivity contribution >= 4 is 15.9 Å². The van der Waals surface area contributed by atoms with Crippen LogP contribution in [0.4, 0.5) is 0 Å². The van der Waals surface area contributed by atoms with Gasteiger partial charge in [0.15, 0.2) is 6.61 Å². The summed E-state index contributed by atoms with van der Waals surface area (Å²) in [5.41, 5.74) is 2.03. The fraction of sp³-hybridized carbons (Fsp3) is 0.278. The highest BCUT2D eigenvalue weighted by Gasteiger charge is 2.12. The Balaban J connectivity index is 1.71. The van der Waals surface area contributed by atoms with Crippen molar-refractivity contribution in [2.24, 2.45) is 0 Å². The number of aryl methyl sites for hydroxylation is 2. The number of hydrogen-bond acceptors (Lipinski definition) is 4. The highest BCUT2D eigenvalue weighted by Crippen LogP contribution is 2.12. The Labute approximate surface area is 148 Å². The summed E-state index contributed by atoms with van der Waals surface area (Å²) < 4.78 is 32.0. The zero-order chi connectivity index (χ0) is 18.3. The van der Waals surface area contributed by atoms with Crippen molar-refractivity contribution in [3.8, 4) is 5.75 Å². The molecular formula is C18H22N2O4S. The molecule has 2 rings (SSSR count). The Kier molecular flexibility index (Phi) is 6.55. The average molecular weight is 362 g/mol. The molecule has 0 saturated heterocycles. The monoisotopic (exact) mass is 362 g/mol. The minimum absolute atomic E-state index is 0.104. The molecule has 2 aromatic rings. The molecule has 0 fully saturated rings. The van der Waals surface area contributed by atoms with E-state index in [1.807, 2.05) is 32.0 Å². The number of hydrogen-bond donors (Lipinski definition) is 2. The molecule has 25 heavy (non-hydrogen) atoms. The van der Waals surface area contributed by atoms with Crippen molar-refractivity contribution < 1.29 is 17.9 Å². The summed E-state index contributed by atoms with van der Waals surface area (Å²) in [5, 5.41) is 2.61. The minimum Gasteiger partial charge on any atom is -0.484 e. The Morgan fingerprint density at radius 1 is 1.00 bits per heavy atom. The largest absolute Gasteiger partial charge is 0.484 e. The van der Waals surface area contributed by atoms with E-state index in [2.05, 4.69) is 10.0 Å². The molecule has 0 unspecified atom stereocenters. The predicted molar refractivity (Wildman–Crippen MR) is 96.1 cm³/mol. The van der Waals surface area contributed by atoms with E-state index in [0.717, 1.165) is 11.1 Å². The van der Waals surface area contributed by atoms with Crippen LogP contribution < -0.4 is 14.8 Å². The minimum atomic E-state index is -3.57. The summed E-state index contributed by atoms with van der Waals surface area (Å²) >= 11 is 0. The third-order valence-electron chi connectivity index (χ3n) is 3.43. The van der Waals surface area contributed by atoms with Gasteiger partial charge in [0, 0.05) is 13.1 Å². The van der Waals surface area contributed by atoms with Crippen LogP contribution in [0.5, 0.6) is 5.75 Å². The second-order valence-electron chi connectivity index (χ2n) is 5.67. The molecule has 2 N–H and O–H groups in total. The normalized spacial score (nSPS) is 11.1. The Bertz CT molecular complexity index is 817. The van der Waals surface area contributed by atoms with Gasteiger partial charge in [-0.25, -0.2) is 13.1 Å². The molecule has 7 heteroatoms. The molecule has 2 aromatic carbocycles. The van der Waals surface area contributed by atoms with Crippen molar-refractivity contribution in [3.63, 3.8) is 0 Å². The first-order chi connectivity index (χ1) is 11.9. The first kappa shape index (κ1) is 19.0. The van der Waals surface area contributed by atoms with Crippen LogP contribution in [0, 0.1) is 13.8 Å². The summed E-state index contributed by atoms with van der Waals surface area (Å²) in [4.78, 5) is 11.9. The van der Waals surface area contributed by atoms with E-state index in [1.165, 1.54) is 0 Å². The van der Waals surface area contributed by atoms with E-state index in [-0.39, 0.29) is 30.5 Å². The third kappa shape index (κ3) is 6.21. The molecule has 0 heterocycles. The van der Waals surface area contributed by atoms with Crippen LogP contribution in [-0.2, 0) is 14.8 Å². The number of rotatable bonds is 8. The topological polar surface area (TPSA) is 84.5 Å². The molecule has 1 amide bonds. The van der Waals surface area contributed by atoms with Gasteiger partial charge < -0.3 is 10.1 Å². The van der Waals surface area contributed by atoms with Crippen molar-refractivity contribution in [1.29, 1.82) is 0 Å². The molecule has 0 radical (unpaired) electrons. The van der Waals surface area contributed by atoms with E-state index in [0.29, 0.717) is 5.75 Å². The number of nitrogens with one attached hydrogen (secondary N) is 2. The highest BCUT2D eigenvalue weighted by molar-refractivity contribution is 7.89. The van der Waals surface area contributed by atoms with Crippen LogP contribution in [0.2, 0.25) is 0 Å². The summed E-state index contributed by atoms with van der Waals surface area (Å²) in [6, 6.07) is 14.0. The Morgan fingerprint density at radius 2 is 1.72 bits per heavy atom. The quantitative estimate of drug-likeness (QED) is 0.701. The number of ether oxygens (including phenoxy) is 1. The van der Waals surface area contributed by atoms with E-state index in [9.17, 15) is 13.2 Å². The summed E-state index contributed by atoms with van der Waals surface area (Å²) in [6.45, 7) is 3.99. The van der Waals surface area contributed by atoms with Gasteiger partial charge in [-0.3, -0.25) is 4.79 Å². The SMILES string of the molecule is Cc1ccc(S(=O)(=O)NCCNC(=O)COc2cccc(C)c2)cc1. The molecule has 0 atom stereocenters. The third-order valence-corrected chi connectivity index (χ3v) is 4.91. The van der Waals surface area contributed by atoms with Gasteiger partial charge in [0.1, 0.15) is 5.75 Å². The molecule has 0 spiro atoms. The maximum Gasteiger partial charge on any atom is 0.257 e. The molecule has 134 valence electrons. The van der Waals surface area contributed by atoms with Gasteiger partial charge in [0.25, 0.3) is 5.91 Å². The van der Waals surface area contributed by atoms with Gasteiger partial charge in [-0.1, -0.05) is 29.8 Å². The molecule has 0 aliphatic heterocycles.